The Bertz CT molecular complexity index is 504. The van der Waals surface area contributed by atoms with Crippen molar-refractivity contribution in [3.63, 3.8) is 0 Å². The summed E-state index contributed by atoms with van der Waals surface area (Å²) in [4.78, 5) is 3.36. The Kier molecular flexibility index (Phi) is 10.9. The molecule has 0 amide bonds. The molecule has 1 aromatic rings. The second-order valence-electron chi connectivity index (χ2n) is 7.73. The van der Waals surface area contributed by atoms with Crippen LogP contribution in [-0.4, -0.2) is 56.6 Å². The SMILES string of the molecule is Cc1cccc(OCC(O)C[NH+]2CC[NH+](C3CCCCC3)CC2)c1.[Cl-].[Cl-]. The zero-order chi connectivity index (χ0) is 16.8. The van der Waals surface area contributed by atoms with Gasteiger partial charge in [-0.25, -0.2) is 0 Å². The van der Waals surface area contributed by atoms with Crippen LogP contribution in [0.3, 0.4) is 0 Å². The zero-order valence-electron chi connectivity index (χ0n) is 15.9. The fraction of sp³-hybridized carbons (Fsp3) is 0.700. The summed E-state index contributed by atoms with van der Waals surface area (Å²) < 4.78 is 5.74. The molecule has 2 aliphatic rings. The lowest BCUT2D eigenvalue weighted by atomic mass is 9.94. The average molecular weight is 405 g/mol. The lowest BCUT2D eigenvalue weighted by Crippen LogP contribution is -3.30. The minimum Gasteiger partial charge on any atom is -1.00 e. The van der Waals surface area contributed by atoms with Gasteiger partial charge in [0.15, 0.2) is 0 Å². The van der Waals surface area contributed by atoms with Gasteiger partial charge in [0.05, 0.1) is 6.04 Å². The van der Waals surface area contributed by atoms with E-state index in [1.807, 2.05) is 23.1 Å². The fourth-order valence-corrected chi connectivity index (χ4v) is 4.34. The molecular formula is C20H34Cl2N2O2. The molecule has 1 aliphatic carbocycles. The number of halogens is 2. The maximum atomic E-state index is 10.3. The molecule has 1 heterocycles. The van der Waals surface area contributed by atoms with Crippen LogP contribution in [0.5, 0.6) is 5.75 Å². The molecule has 3 N–H and O–H groups in total. The van der Waals surface area contributed by atoms with E-state index in [1.165, 1.54) is 68.7 Å². The number of hydrogen-bond donors (Lipinski definition) is 3. The summed E-state index contributed by atoms with van der Waals surface area (Å²) in [6.07, 6.45) is 6.78. The van der Waals surface area contributed by atoms with Gasteiger partial charge in [-0.05, 0) is 50.3 Å². The van der Waals surface area contributed by atoms with Gasteiger partial charge >= 0.3 is 0 Å². The van der Waals surface area contributed by atoms with Crippen molar-refractivity contribution in [2.45, 2.75) is 51.2 Å². The van der Waals surface area contributed by atoms with Crippen molar-refractivity contribution in [3.05, 3.63) is 29.8 Å². The van der Waals surface area contributed by atoms with E-state index in [1.54, 1.807) is 0 Å². The molecule has 26 heavy (non-hydrogen) atoms. The quantitative estimate of drug-likeness (QED) is 0.441. The predicted molar refractivity (Wildman–Crippen MR) is 95.8 cm³/mol. The first-order valence-corrected chi connectivity index (χ1v) is 9.76. The number of aryl methyl sites for hydroxylation is 1. The number of nitrogens with one attached hydrogen (secondary N) is 2. The van der Waals surface area contributed by atoms with Crippen LogP contribution in [0.4, 0.5) is 0 Å². The minimum atomic E-state index is -0.378. The van der Waals surface area contributed by atoms with E-state index in [9.17, 15) is 5.11 Å². The van der Waals surface area contributed by atoms with Gasteiger partial charge in [0.1, 0.15) is 51.2 Å². The highest BCUT2D eigenvalue weighted by atomic mass is 35.5. The van der Waals surface area contributed by atoms with Crippen molar-refractivity contribution >= 4 is 0 Å². The van der Waals surface area contributed by atoms with Gasteiger partial charge in [0.2, 0.25) is 0 Å². The van der Waals surface area contributed by atoms with Crippen molar-refractivity contribution < 1.29 is 44.5 Å². The third-order valence-corrected chi connectivity index (χ3v) is 5.74. The number of rotatable bonds is 6. The van der Waals surface area contributed by atoms with Crippen molar-refractivity contribution in [1.29, 1.82) is 0 Å². The number of benzene rings is 1. The van der Waals surface area contributed by atoms with Gasteiger partial charge in [-0.15, -0.1) is 0 Å². The molecule has 150 valence electrons. The minimum absolute atomic E-state index is 0. The molecule has 0 aromatic heterocycles. The first-order valence-electron chi connectivity index (χ1n) is 9.76. The van der Waals surface area contributed by atoms with Crippen LogP contribution in [0.2, 0.25) is 0 Å². The zero-order valence-corrected chi connectivity index (χ0v) is 17.4. The molecule has 4 nitrogen and oxygen atoms in total. The van der Waals surface area contributed by atoms with Crippen molar-refractivity contribution in [3.8, 4) is 5.75 Å². The third kappa shape index (κ3) is 7.24. The summed E-state index contributed by atoms with van der Waals surface area (Å²) in [6, 6.07) is 8.94. The number of hydrogen-bond acceptors (Lipinski definition) is 2. The Hall–Kier alpha value is -0.520. The molecule has 1 saturated heterocycles. The Morgan fingerprint density at radius 2 is 1.77 bits per heavy atom. The van der Waals surface area contributed by atoms with Gasteiger partial charge < -0.3 is 44.5 Å². The van der Waals surface area contributed by atoms with Crippen LogP contribution in [0.25, 0.3) is 0 Å². The van der Waals surface area contributed by atoms with Crippen molar-refractivity contribution in [2.24, 2.45) is 0 Å². The smallest absolute Gasteiger partial charge is 0.137 e. The molecule has 1 atom stereocenters. The molecule has 3 rings (SSSR count). The Labute approximate surface area is 170 Å². The average Bonchev–Trinajstić information content (AvgIpc) is 2.61. The highest BCUT2D eigenvalue weighted by Crippen LogP contribution is 2.15. The number of aliphatic hydroxyl groups excluding tert-OH is 1. The Morgan fingerprint density at radius 1 is 1.08 bits per heavy atom. The highest BCUT2D eigenvalue weighted by molar-refractivity contribution is 5.27. The molecular weight excluding hydrogens is 371 g/mol. The standard InChI is InChI=1S/C20H32N2O2.2ClH/c1-17-6-5-9-20(14-17)24-16-19(23)15-21-10-12-22(13-11-21)18-7-3-2-4-8-18;;/h5-6,9,14,18-19,23H,2-4,7-8,10-13,15-16H2,1H3;2*1H. The molecule has 1 saturated carbocycles. The number of quaternary nitrogens is 2. The largest absolute Gasteiger partial charge is 1.00 e. The molecule has 1 unspecified atom stereocenters. The lowest BCUT2D eigenvalue weighted by Gasteiger charge is -2.36. The first kappa shape index (κ1) is 23.5. The highest BCUT2D eigenvalue weighted by Gasteiger charge is 2.31. The molecule has 0 radical (unpaired) electrons. The summed E-state index contributed by atoms with van der Waals surface area (Å²) in [7, 11) is 0. The topological polar surface area (TPSA) is 38.3 Å². The van der Waals surface area contributed by atoms with E-state index in [-0.39, 0.29) is 30.9 Å². The maximum absolute atomic E-state index is 10.3. The van der Waals surface area contributed by atoms with Crippen molar-refractivity contribution in [2.75, 3.05) is 39.3 Å². The summed E-state index contributed by atoms with van der Waals surface area (Å²) in [6.45, 7) is 8.18. The summed E-state index contributed by atoms with van der Waals surface area (Å²) >= 11 is 0. The Morgan fingerprint density at radius 3 is 2.42 bits per heavy atom. The second kappa shape index (κ2) is 12.0. The van der Waals surface area contributed by atoms with Gasteiger partial charge in [0.25, 0.3) is 0 Å². The van der Waals surface area contributed by atoms with E-state index >= 15 is 0 Å². The second-order valence-corrected chi connectivity index (χ2v) is 7.73. The van der Waals surface area contributed by atoms with E-state index in [0.29, 0.717) is 6.61 Å². The predicted octanol–water partition coefficient (Wildman–Crippen LogP) is -6.14. The lowest BCUT2D eigenvalue weighted by molar-refractivity contribution is -1.02. The number of aliphatic hydroxyl groups is 1. The number of ether oxygens (including phenoxy) is 1. The van der Waals surface area contributed by atoms with Crippen LogP contribution in [0, 0.1) is 6.92 Å². The van der Waals surface area contributed by atoms with Crippen molar-refractivity contribution in [1.82, 2.24) is 0 Å². The van der Waals surface area contributed by atoms with E-state index in [0.717, 1.165) is 18.3 Å². The summed E-state index contributed by atoms with van der Waals surface area (Å²) in [5, 5.41) is 10.3. The summed E-state index contributed by atoms with van der Waals surface area (Å²) in [5.41, 5.74) is 1.19. The molecule has 0 spiro atoms. The van der Waals surface area contributed by atoms with Gasteiger partial charge in [-0.3, -0.25) is 0 Å². The van der Waals surface area contributed by atoms with E-state index < -0.39 is 0 Å². The molecule has 6 heteroatoms. The van der Waals surface area contributed by atoms with E-state index in [4.69, 9.17) is 4.74 Å². The van der Waals surface area contributed by atoms with Crippen LogP contribution in [0.15, 0.2) is 24.3 Å². The molecule has 2 fully saturated rings. The molecule has 1 aliphatic heterocycles. The van der Waals surface area contributed by atoms with Gasteiger partial charge in [-0.1, -0.05) is 18.6 Å². The molecule has 0 bridgehead atoms. The monoisotopic (exact) mass is 404 g/mol. The third-order valence-electron chi connectivity index (χ3n) is 5.74. The van der Waals surface area contributed by atoms with Gasteiger partial charge in [-0.2, -0.15) is 0 Å². The van der Waals surface area contributed by atoms with Crippen LogP contribution < -0.4 is 39.4 Å². The first-order chi connectivity index (χ1) is 11.7. The van der Waals surface area contributed by atoms with Crippen LogP contribution in [-0.2, 0) is 0 Å². The van der Waals surface area contributed by atoms with Gasteiger partial charge in [0, 0.05) is 0 Å². The van der Waals surface area contributed by atoms with Crippen LogP contribution >= 0.6 is 0 Å². The van der Waals surface area contributed by atoms with Crippen LogP contribution in [0.1, 0.15) is 37.7 Å². The fourth-order valence-electron chi connectivity index (χ4n) is 4.34. The summed E-state index contributed by atoms with van der Waals surface area (Å²) in [5.74, 6) is 0.857. The molecule has 1 aromatic carbocycles. The number of piperazine rings is 1. The normalized spacial score (nSPS) is 24.8. The Balaban J connectivity index is 0.00000169. The van der Waals surface area contributed by atoms with E-state index in [2.05, 4.69) is 13.0 Å². The maximum Gasteiger partial charge on any atom is 0.137 e.